The third-order valence-corrected chi connectivity index (χ3v) is 2.70. The first-order valence-corrected chi connectivity index (χ1v) is 5.47. The van der Waals surface area contributed by atoms with Gasteiger partial charge < -0.3 is 0 Å². The van der Waals surface area contributed by atoms with Crippen LogP contribution < -0.4 is 5.56 Å². The molecule has 16 heavy (non-hydrogen) atoms. The van der Waals surface area contributed by atoms with Gasteiger partial charge in [0.2, 0.25) is 0 Å². The average molecular weight is 216 g/mol. The Kier molecular flexibility index (Phi) is 2.69. The molecule has 0 radical (unpaired) electrons. The summed E-state index contributed by atoms with van der Waals surface area (Å²) in [7, 11) is 0. The predicted octanol–water partition coefficient (Wildman–Crippen LogP) is 2.73. The van der Waals surface area contributed by atoms with Crippen molar-refractivity contribution in [2.24, 2.45) is 0 Å². The van der Waals surface area contributed by atoms with Crippen molar-refractivity contribution in [1.82, 2.24) is 9.78 Å². The molecule has 84 valence electrons. The zero-order valence-electron chi connectivity index (χ0n) is 9.82. The number of rotatable bonds is 2. The van der Waals surface area contributed by atoms with Crippen LogP contribution in [0.15, 0.2) is 35.1 Å². The van der Waals surface area contributed by atoms with E-state index >= 15 is 0 Å². The molecule has 2 rings (SSSR count). The highest BCUT2D eigenvalue weighted by atomic mass is 16.1. The van der Waals surface area contributed by atoms with Gasteiger partial charge in [0.1, 0.15) is 0 Å². The van der Waals surface area contributed by atoms with Crippen LogP contribution in [0, 0.1) is 6.92 Å². The summed E-state index contributed by atoms with van der Waals surface area (Å²) in [6.07, 6.45) is 0. The second-order valence-electron chi connectivity index (χ2n) is 4.29. The van der Waals surface area contributed by atoms with E-state index in [0.29, 0.717) is 0 Å². The maximum absolute atomic E-state index is 11.7. The molecule has 0 aliphatic carbocycles. The number of aryl methyl sites for hydroxylation is 1. The molecule has 1 heterocycles. The maximum Gasteiger partial charge on any atom is 0.267 e. The Morgan fingerprint density at radius 2 is 1.94 bits per heavy atom. The Balaban J connectivity index is 2.54. The number of hydrogen-bond acceptors (Lipinski definition) is 1. The zero-order chi connectivity index (χ0) is 11.7. The molecule has 1 aromatic carbocycles. The van der Waals surface area contributed by atoms with Crippen LogP contribution in [0.3, 0.4) is 0 Å². The molecule has 0 fully saturated rings. The first kappa shape index (κ1) is 10.7. The molecule has 0 saturated carbocycles. The lowest BCUT2D eigenvalue weighted by atomic mass is 10.1. The minimum Gasteiger partial charge on any atom is -0.295 e. The van der Waals surface area contributed by atoms with E-state index in [1.807, 2.05) is 45.0 Å². The Labute approximate surface area is 94.7 Å². The van der Waals surface area contributed by atoms with Gasteiger partial charge in [-0.3, -0.25) is 14.6 Å². The summed E-state index contributed by atoms with van der Waals surface area (Å²) in [5.74, 6) is 0. The van der Waals surface area contributed by atoms with E-state index in [2.05, 4.69) is 5.10 Å². The molecule has 0 saturated heterocycles. The average Bonchev–Trinajstić information content (AvgIpc) is 2.61. The summed E-state index contributed by atoms with van der Waals surface area (Å²) < 4.78 is 1.64. The van der Waals surface area contributed by atoms with Crippen molar-refractivity contribution >= 4 is 0 Å². The highest BCUT2D eigenvalue weighted by Gasteiger charge is 2.08. The van der Waals surface area contributed by atoms with E-state index in [0.717, 1.165) is 11.3 Å². The van der Waals surface area contributed by atoms with Crippen LogP contribution in [-0.2, 0) is 0 Å². The van der Waals surface area contributed by atoms with Crippen molar-refractivity contribution in [2.75, 3.05) is 0 Å². The standard InChI is InChI=1S/C13H16N2O/c1-9(2)15-13(16)8-12(14-15)11-7-5-4-6-10(11)3/h4-9,14H,1-3H3. The van der Waals surface area contributed by atoms with E-state index in [9.17, 15) is 4.79 Å². The summed E-state index contributed by atoms with van der Waals surface area (Å²) in [5, 5.41) is 3.14. The fourth-order valence-corrected chi connectivity index (χ4v) is 1.81. The monoisotopic (exact) mass is 216 g/mol. The van der Waals surface area contributed by atoms with Gasteiger partial charge in [0.25, 0.3) is 5.56 Å². The van der Waals surface area contributed by atoms with Crippen molar-refractivity contribution in [2.45, 2.75) is 26.8 Å². The summed E-state index contributed by atoms with van der Waals surface area (Å²) in [6.45, 7) is 6.01. The van der Waals surface area contributed by atoms with Gasteiger partial charge in [0.05, 0.1) is 5.69 Å². The van der Waals surface area contributed by atoms with E-state index in [4.69, 9.17) is 0 Å². The van der Waals surface area contributed by atoms with E-state index < -0.39 is 0 Å². The Morgan fingerprint density at radius 1 is 1.25 bits per heavy atom. The molecule has 0 amide bonds. The van der Waals surface area contributed by atoms with Crippen molar-refractivity contribution in [1.29, 1.82) is 0 Å². The fraction of sp³-hybridized carbons (Fsp3) is 0.308. The molecular weight excluding hydrogens is 200 g/mol. The number of aromatic nitrogens is 2. The molecule has 0 aliphatic heterocycles. The molecule has 1 N–H and O–H groups in total. The SMILES string of the molecule is Cc1ccccc1-c1cc(=O)n(C(C)C)[nH]1. The van der Waals surface area contributed by atoms with E-state index in [1.165, 1.54) is 5.56 Å². The van der Waals surface area contributed by atoms with Crippen LogP contribution in [0.1, 0.15) is 25.5 Å². The molecular formula is C13H16N2O. The third-order valence-electron chi connectivity index (χ3n) is 2.70. The first-order valence-electron chi connectivity index (χ1n) is 5.47. The lowest BCUT2D eigenvalue weighted by Gasteiger charge is -2.06. The Hall–Kier alpha value is -1.77. The molecule has 0 aliphatic rings. The summed E-state index contributed by atoms with van der Waals surface area (Å²) in [5.41, 5.74) is 3.16. The smallest absolute Gasteiger partial charge is 0.267 e. The second-order valence-corrected chi connectivity index (χ2v) is 4.29. The molecule has 2 aromatic rings. The Morgan fingerprint density at radius 3 is 2.50 bits per heavy atom. The van der Waals surface area contributed by atoms with Gasteiger partial charge in [-0.1, -0.05) is 24.3 Å². The number of aromatic amines is 1. The van der Waals surface area contributed by atoms with Gasteiger partial charge in [0, 0.05) is 17.7 Å². The first-order chi connectivity index (χ1) is 7.59. The highest BCUT2D eigenvalue weighted by molar-refractivity contribution is 5.62. The zero-order valence-corrected chi connectivity index (χ0v) is 9.82. The number of nitrogens with one attached hydrogen (secondary N) is 1. The lowest BCUT2D eigenvalue weighted by Crippen LogP contribution is -2.17. The fourth-order valence-electron chi connectivity index (χ4n) is 1.81. The number of nitrogens with zero attached hydrogens (tertiary/aromatic N) is 1. The van der Waals surface area contributed by atoms with Gasteiger partial charge in [-0.15, -0.1) is 0 Å². The van der Waals surface area contributed by atoms with Crippen LogP contribution in [0.4, 0.5) is 0 Å². The van der Waals surface area contributed by atoms with Crippen LogP contribution in [0.5, 0.6) is 0 Å². The minimum absolute atomic E-state index is 0.0215. The van der Waals surface area contributed by atoms with Crippen molar-refractivity contribution < 1.29 is 0 Å². The molecule has 1 aromatic heterocycles. The molecule has 0 spiro atoms. The Bertz CT molecular complexity index is 549. The van der Waals surface area contributed by atoms with Gasteiger partial charge in [-0.25, -0.2) is 0 Å². The topological polar surface area (TPSA) is 37.8 Å². The predicted molar refractivity (Wildman–Crippen MR) is 65.6 cm³/mol. The van der Waals surface area contributed by atoms with Crippen molar-refractivity contribution in [3.8, 4) is 11.3 Å². The van der Waals surface area contributed by atoms with Gasteiger partial charge in [-0.05, 0) is 26.3 Å². The molecule has 3 heteroatoms. The van der Waals surface area contributed by atoms with Crippen LogP contribution >= 0.6 is 0 Å². The minimum atomic E-state index is 0.0215. The lowest BCUT2D eigenvalue weighted by molar-refractivity contribution is 0.518. The van der Waals surface area contributed by atoms with Crippen LogP contribution in [0.2, 0.25) is 0 Å². The highest BCUT2D eigenvalue weighted by Crippen LogP contribution is 2.20. The van der Waals surface area contributed by atoms with Gasteiger partial charge in [0.15, 0.2) is 0 Å². The summed E-state index contributed by atoms with van der Waals surface area (Å²) in [6, 6.07) is 9.85. The molecule has 0 bridgehead atoms. The number of H-pyrrole nitrogens is 1. The quantitative estimate of drug-likeness (QED) is 0.823. The molecule has 0 atom stereocenters. The second kappa shape index (κ2) is 4.00. The molecule has 0 unspecified atom stereocenters. The van der Waals surface area contributed by atoms with E-state index in [1.54, 1.807) is 10.7 Å². The van der Waals surface area contributed by atoms with Gasteiger partial charge >= 0.3 is 0 Å². The van der Waals surface area contributed by atoms with Crippen molar-refractivity contribution in [3.05, 3.63) is 46.2 Å². The van der Waals surface area contributed by atoms with Crippen LogP contribution in [-0.4, -0.2) is 9.78 Å². The summed E-state index contributed by atoms with van der Waals surface area (Å²) in [4.78, 5) is 11.7. The van der Waals surface area contributed by atoms with Crippen LogP contribution in [0.25, 0.3) is 11.3 Å². The normalized spacial score (nSPS) is 11.0. The number of benzene rings is 1. The van der Waals surface area contributed by atoms with E-state index in [-0.39, 0.29) is 11.6 Å². The number of hydrogen-bond donors (Lipinski definition) is 1. The summed E-state index contributed by atoms with van der Waals surface area (Å²) >= 11 is 0. The molecule has 3 nitrogen and oxygen atoms in total. The van der Waals surface area contributed by atoms with Crippen molar-refractivity contribution in [3.63, 3.8) is 0 Å². The third kappa shape index (κ3) is 1.81. The largest absolute Gasteiger partial charge is 0.295 e. The van der Waals surface area contributed by atoms with Gasteiger partial charge in [-0.2, -0.15) is 0 Å². The maximum atomic E-state index is 11.7.